The van der Waals surface area contributed by atoms with E-state index in [9.17, 15) is 10.1 Å². The summed E-state index contributed by atoms with van der Waals surface area (Å²) in [6, 6.07) is 9.92. The second-order valence-electron chi connectivity index (χ2n) is 5.62. The minimum absolute atomic E-state index is 0.158. The quantitative estimate of drug-likeness (QED) is 0.918. The van der Waals surface area contributed by atoms with Crippen molar-refractivity contribution in [3.63, 3.8) is 0 Å². The van der Waals surface area contributed by atoms with Crippen LogP contribution in [0.5, 0.6) is 0 Å². The van der Waals surface area contributed by atoms with Crippen molar-refractivity contribution in [3.8, 4) is 6.07 Å². The van der Waals surface area contributed by atoms with Crippen LogP contribution in [0, 0.1) is 16.7 Å². The Morgan fingerprint density at radius 3 is 2.50 bits per heavy atom. The largest absolute Gasteiger partial charge is 0.376 e. The first-order valence-electron chi connectivity index (χ1n) is 7.08. The highest BCUT2D eigenvalue weighted by molar-refractivity contribution is 5.99. The van der Waals surface area contributed by atoms with Gasteiger partial charge >= 0.3 is 0 Å². The van der Waals surface area contributed by atoms with E-state index in [4.69, 9.17) is 0 Å². The van der Waals surface area contributed by atoms with E-state index >= 15 is 0 Å². The smallest absolute Gasteiger partial charge is 0.244 e. The third kappa shape index (κ3) is 2.77. The molecule has 1 aromatic rings. The molecule has 1 aliphatic carbocycles. The standard InChI is InChI=1S/C16H21N3O/c1-19(2)14-9-5-4-8-13(14)18-15(20)16(12-17)10-6-3-7-11-16/h4-5,8-9H,3,6-7,10-11H2,1-2H3,(H,18,20). The van der Waals surface area contributed by atoms with E-state index in [1.165, 1.54) is 0 Å². The molecule has 1 fully saturated rings. The maximum absolute atomic E-state index is 12.5. The van der Waals surface area contributed by atoms with Crippen LogP contribution < -0.4 is 10.2 Å². The van der Waals surface area contributed by atoms with Gasteiger partial charge in [-0.1, -0.05) is 31.4 Å². The molecule has 1 N–H and O–H groups in total. The van der Waals surface area contributed by atoms with Crippen LogP contribution in [-0.2, 0) is 4.79 Å². The molecule has 0 unspecified atom stereocenters. The molecule has 20 heavy (non-hydrogen) atoms. The molecule has 0 radical (unpaired) electrons. The normalized spacial score (nSPS) is 17.1. The second kappa shape index (κ2) is 5.96. The van der Waals surface area contributed by atoms with Crippen molar-refractivity contribution < 1.29 is 4.79 Å². The first-order valence-corrected chi connectivity index (χ1v) is 7.08. The molecule has 106 valence electrons. The van der Waals surface area contributed by atoms with Gasteiger partial charge in [-0.25, -0.2) is 0 Å². The molecule has 0 heterocycles. The molecular weight excluding hydrogens is 250 g/mol. The van der Waals surface area contributed by atoms with Crippen molar-refractivity contribution in [2.75, 3.05) is 24.3 Å². The topological polar surface area (TPSA) is 56.1 Å². The number of hydrogen-bond donors (Lipinski definition) is 1. The van der Waals surface area contributed by atoms with Crippen LogP contribution in [0.15, 0.2) is 24.3 Å². The van der Waals surface area contributed by atoms with Crippen LogP contribution in [-0.4, -0.2) is 20.0 Å². The highest BCUT2D eigenvalue weighted by atomic mass is 16.2. The molecule has 1 aromatic carbocycles. The number of benzene rings is 1. The zero-order valence-corrected chi connectivity index (χ0v) is 12.1. The summed E-state index contributed by atoms with van der Waals surface area (Å²) in [4.78, 5) is 14.5. The van der Waals surface area contributed by atoms with E-state index in [-0.39, 0.29) is 5.91 Å². The van der Waals surface area contributed by atoms with E-state index in [2.05, 4.69) is 11.4 Å². The predicted octanol–water partition coefficient (Wildman–Crippen LogP) is 3.17. The van der Waals surface area contributed by atoms with E-state index in [0.29, 0.717) is 12.8 Å². The lowest BCUT2D eigenvalue weighted by molar-refractivity contribution is -0.124. The maximum Gasteiger partial charge on any atom is 0.244 e. The van der Waals surface area contributed by atoms with Crippen molar-refractivity contribution in [2.45, 2.75) is 32.1 Å². The van der Waals surface area contributed by atoms with Gasteiger partial charge in [0, 0.05) is 14.1 Å². The van der Waals surface area contributed by atoms with Crippen LogP contribution >= 0.6 is 0 Å². The Kier molecular flexibility index (Phi) is 4.29. The van der Waals surface area contributed by atoms with Gasteiger partial charge in [0.1, 0.15) is 5.41 Å². The molecule has 1 aliphatic rings. The number of nitriles is 1. The molecule has 0 bridgehead atoms. The van der Waals surface area contributed by atoms with Gasteiger partial charge < -0.3 is 10.2 Å². The van der Waals surface area contributed by atoms with Crippen molar-refractivity contribution in [1.29, 1.82) is 5.26 Å². The highest BCUT2D eigenvalue weighted by Gasteiger charge is 2.40. The third-order valence-corrected chi connectivity index (χ3v) is 3.99. The van der Waals surface area contributed by atoms with Crippen LogP contribution in [0.25, 0.3) is 0 Å². The Bertz CT molecular complexity index is 525. The van der Waals surface area contributed by atoms with Crippen LogP contribution in [0.3, 0.4) is 0 Å². The Balaban J connectivity index is 2.21. The summed E-state index contributed by atoms with van der Waals surface area (Å²) in [5.41, 5.74) is 0.866. The number of anilines is 2. The lowest BCUT2D eigenvalue weighted by atomic mass is 9.74. The highest BCUT2D eigenvalue weighted by Crippen LogP contribution is 2.37. The van der Waals surface area contributed by atoms with E-state index in [1.807, 2.05) is 43.3 Å². The van der Waals surface area contributed by atoms with Crippen LogP contribution in [0.4, 0.5) is 11.4 Å². The molecule has 2 rings (SSSR count). The van der Waals surface area contributed by atoms with Crippen molar-refractivity contribution >= 4 is 17.3 Å². The van der Waals surface area contributed by atoms with E-state index in [0.717, 1.165) is 30.6 Å². The molecule has 4 nitrogen and oxygen atoms in total. The van der Waals surface area contributed by atoms with E-state index < -0.39 is 5.41 Å². The molecule has 0 aliphatic heterocycles. The number of amides is 1. The number of carbonyl (C=O) groups excluding carboxylic acids is 1. The zero-order chi connectivity index (χ0) is 14.6. The van der Waals surface area contributed by atoms with Gasteiger partial charge in [-0.2, -0.15) is 5.26 Å². The van der Waals surface area contributed by atoms with Gasteiger partial charge in [-0.3, -0.25) is 4.79 Å². The fourth-order valence-corrected chi connectivity index (χ4v) is 2.76. The SMILES string of the molecule is CN(C)c1ccccc1NC(=O)C1(C#N)CCCCC1. The predicted molar refractivity (Wildman–Crippen MR) is 80.5 cm³/mol. The number of hydrogen-bond acceptors (Lipinski definition) is 3. The van der Waals surface area contributed by atoms with Gasteiger partial charge in [-0.05, 0) is 25.0 Å². The van der Waals surface area contributed by atoms with Gasteiger partial charge in [0.15, 0.2) is 0 Å². The molecule has 0 atom stereocenters. The number of rotatable bonds is 3. The molecule has 1 saturated carbocycles. The summed E-state index contributed by atoms with van der Waals surface area (Å²) >= 11 is 0. The minimum atomic E-state index is -0.850. The Hall–Kier alpha value is -2.02. The first-order chi connectivity index (χ1) is 9.59. The third-order valence-electron chi connectivity index (χ3n) is 3.99. The Morgan fingerprint density at radius 2 is 1.90 bits per heavy atom. The summed E-state index contributed by atoms with van der Waals surface area (Å²) < 4.78 is 0. The monoisotopic (exact) mass is 271 g/mol. The minimum Gasteiger partial charge on any atom is -0.376 e. The summed E-state index contributed by atoms with van der Waals surface area (Å²) in [5.74, 6) is -0.158. The molecule has 1 amide bonds. The Morgan fingerprint density at radius 1 is 1.25 bits per heavy atom. The first kappa shape index (κ1) is 14.4. The molecule has 4 heteroatoms. The maximum atomic E-state index is 12.5. The molecular formula is C16H21N3O. The number of para-hydroxylation sites is 2. The molecule has 0 saturated heterocycles. The summed E-state index contributed by atoms with van der Waals surface area (Å²) in [6.07, 6.45) is 4.36. The summed E-state index contributed by atoms with van der Waals surface area (Å²) in [6.45, 7) is 0. The van der Waals surface area contributed by atoms with Crippen molar-refractivity contribution in [1.82, 2.24) is 0 Å². The van der Waals surface area contributed by atoms with Crippen LogP contribution in [0.1, 0.15) is 32.1 Å². The summed E-state index contributed by atoms with van der Waals surface area (Å²) in [5, 5.41) is 12.4. The van der Waals surface area contributed by atoms with Crippen LogP contribution in [0.2, 0.25) is 0 Å². The molecule has 0 spiro atoms. The Labute approximate surface area is 120 Å². The van der Waals surface area contributed by atoms with E-state index in [1.54, 1.807) is 0 Å². The van der Waals surface area contributed by atoms with Crippen molar-refractivity contribution in [3.05, 3.63) is 24.3 Å². The average Bonchev–Trinajstić information content (AvgIpc) is 2.48. The number of nitrogens with zero attached hydrogens (tertiary/aromatic N) is 2. The number of nitrogens with one attached hydrogen (secondary N) is 1. The zero-order valence-electron chi connectivity index (χ0n) is 12.1. The number of carbonyl (C=O) groups is 1. The summed E-state index contributed by atoms with van der Waals surface area (Å²) in [7, 11) is 3.87. The molecule has 0 aromatic heterocycles. The average molecular weight is 271 g/mol. The lowest BCUT2D eigenvalue weighted by Gasteiger charge is -2.29. The van der Waals surface area contributed by atoms with Gasteiger partial charge in [0.2, 0.25) is 5.91 Å². The van der Waals surface area contributed by atoms with Gasteiger partial charge in [0.25, 0.3) is 0 Å². The lowest BCUT2D eigenvalue weighted by Crippen LogP contribution is -2.37. The van der Waals surface area contributed by atoms with Crippen molar-refractivity contribution in [2.24, 2.45) is 5.41 Å². The second-order valence-corrected chi connectivity index (χ2v) is 5.62. The van der Waals surface area contributed by atoms with Gasteiger partial charge in [0.05, 0.1) is 17.4 Å². The fraction of sp³-hybridized carbons (Fsp3) is 0.500. The fourth-order valence-electron chi connectivity index (χ4n) is 2.76. The van der Waals surface area contributed by atoms with Gasteiger partial charge in [-0.15, -0.1) is 0 Å².